The lowest BCUT2D eigenvalue weighted by molar-refractivity contribution is 0.141. The first kappa shape index (κ1) is 15.0. The van der Waals surface area contributed by atoms with E-state index in [0.29, 0.717) is 12.1 Å². The molecule has 0 saturated carbocycles. The van der Waals surface area contributed by atoms with Gasteiger partial charge in [-0.1, -0.05) is 20.8 Å². The molecule has 0 amide bonds. The molecule has 5 heteroatoms. The Morgan fingerprint density at radius 2 is 1.86 bits per heavy atom. The highest BCUT2D eigenvalue weighted by molar-refractivity contribution is 5.08. The third-order valence-electron chi connectivity index (χ3n) is 4.84. The highest BCUT2D eigenvalue weighted by Crippen LogP contribution is 2.35. The van der Waals surface area contributed by atoms with E-state index in [1.165, 1.54) is 32.2 Å². The minimum atomic E-state index is 0.0220. The molecule has 3 rings (SSSR count). The Kier molecular flexibility index (Phi) is 4.06. The molecule has 0 aliphatic carbocycles. The molecule has 5 nitrogen and oxygen atoms in total. The Hall–Kier alpha value is -0.940. The van der Waals surface area contributed by atoms with E-state index < -0.39 is 0 Å². The summed E-state index contributed by atoms with van der Waals surface area (Å²) >= 11 is 0. The molecule has 1 aromatic heterocycles. The van der Waals surface area contributed by atoms with Gasteiger partial charge in [0.25, 0.3) is 0 Å². The SMILES string of the molecule is Cn1nc(C(C)(C)C)nc1C1CCCN1C1CCNCC1. The zero-order valence-electron chi connectivity index (χ0n) is 13.9. The van der Waals surface area contributed by atoms with Crippen LogP contribution in [0.2, 0.25) is 0 Å². The van der Waals surface area contributed by atoms with E-state index >= 15 is 0 Å². The van der Waals surface area contributed by atoms with Crippen LogP contribution in [0.1, 0.15) is 64.1 Å². The van der Waals surface area contributed by atoms with Gasteiger partial charge >= 0.3 is 0 Å². The Morgan fingerprint density at radius 1 is 1.14 bits per heavy atom. The van der Waals surface area contributed by atoms with Crippen molar-refractivity contribution in [2.45, 2.75) is 64.0 Å². The molecule has 0 radical (unpaired) electrons. The summed E-state index contributed by atoms with van der Waals surface area (Å²) in [6.07, 6.45) is 5.04. The average molecular weight is 291 g/mol. The second-order valence-corrected chi connectivity index (χ2v) is 7.54. The van der Waals surface area contributed by atoms with E-state index in [2.05, 4.69) is 43.1 Å². The standard InChI is InChI=1S/C16H29N5/c1-16(2,3)15-18-14(20(4)19-15)13-6-5-11-21(13)12-7-9-17-10-8-12/h12-13,17H,5-11H2,1-4H3. The van der Waals surface area contributed by atoms with Crippen LogP contribution in [0.5, 0.6) is 0 Å². The first-order valence-electron chi connectivity index (χ1n) is 8.34. The quantitative estimate of drug-likeness (QED) is 0.905. The van der Waals surface area contributed by atoms with Gasteiger partial charge in [-0.05, 0) is 45.3 Å². The molecule has 0 aromatic carbocycles. The number of likely N-dealkylation sites (tertiary alicyclic amines) is 1. The van der Waals surface area contributed by atoms with Crippen molar-refractivity contribution < 1.29 is 0 Å². The van der Waals surface area contributed by atoms with Crippen LogP contribution in [-0.2, 0) is 12.5 Å². The van der Waals surface area contributed by atoms with Gasteiger partial charge in [0.2, 0.25) is 0 Å². The number of hydrogen-bond acceptors (Lipinski definition) is 4. The smallest absolute Gasteiger partial charge is 0.156 e. The molecule has 21 heavy (non-hydrogen) atoms. The van der Waals surface area contributed by atoms with E-state index in [1.54, 1.807) is 0 Å². The normalized spacial score (nSPS) is 25.6. The van der Waals surface area contributed by atoms with Gasteiger partial charge in [0.1, 0.15) is 5.82 Å². The molecule has 118 valence electrons. The Morgan fingerprint density at radius 3 is 2.48 bits per heavy atom. The van der Waals surface area contributed by atoms with E-state index in [0.717, 1.165) is 24.7 Å². The number of aromatic nitrogens is 3. The summed E-state index contributed by atoms with van der Waals surface area (Å²) in [4.78, 5) is 7.59. The van der Waals surface area contributed by atoms with Crippen molar-refractivity contribution in [1.82, 2.24) is 25.0 Å². The maximum Gasteiger partial charge on any atom is 0.156 e. The number of nitrogens with one attached hydrogen (secondary N) is 1. The van der Waals surface area contributed by atoms with Gasteiger partial charge in [0.05, 0.1) is 6.04 Å². The highest BCUT2D eigenvalue weighted by Gasteiger charge is 2.35. The van der Waals surface area contributed by atoms with Gasteiger partial charge in [-0.3, -0.25) is 9.58 Å². The van der Waals surface area contributed by atoms with E-state index in [-0.39, 0.29) is 5.41 Å². The molecule has 1 atom stereocenters. The Balaban J connectivity index is 1.83. The van der Waals surface area contributed by atoms with Gasteiger partial charge in [0, 0.05) is 18.5 Å². The molecule has 1 aromatic rings. The summed E-state index contributed by atoms with van der Waals surface area (Å²) in [5.74, 6) is 2.13. The fraction of sp³-hybridized carbons (Fsp3) is 0.875. The van der Waals surface area contributed by atoms with Gasteiger partial charge in [-0.2, -0.15) is 5.10 Å². The summed E-state index contributed by atoms with van der Waals surface area (Å²) in [6.45, 7) is 10.1. The number of rotatable bonds is 2. The van der Waals surface area contributed by atoms with Crippen LogP contribution >= 0.6 is 0 Å². The van der Waals surface area contributed by atoms with E-state index in [1.807, 2.05) is 4.68 Å². The minimum Gasteiger partial charge on any atom is -0.317 e. The summed E-state index contributed by atoms with van der Waals surface area (Å²) < 4.78 is 2.02. The average Bonchev–Trinajstić information content (AvgIpc) is 3.05. The van der Waals surface area contributed by atoms with Crippen molar-refractivity contribution in [3.8, 4) is 0 Å². The van der Waals surface area contributed by atoms with Gasteiger partial charge in [-0.15, -0.1) is 0 Å². The zero-order valence-corrected chi connectivity index (χ0v) is 13.9. The second-order valence-electron chi connectivity index (χ2n) is 7.54. The third-order valence-corrected chi connectivity index (χ3v) is 4.84. The van der Waals surface area contributed by atoms with Crippen LogP contribution in [-0.4, -0.2) is 45.3 Å². The first-order chi connectivity index (χ1) is 9.97. The fourth-order valence-corrected chi connectivity index (χ4v) is 3.65. The summed E-state index contributed by atoms with van der Waals surface area (Å²) in [6, 6.07) is 1.18. The molecule has 2 aliphatic rings. The lowest BCUT2D eigenvalue weighted by Gasteiger charge is -2.35. The molecule has 2 fully saturated rings. The van der Waals surface area contributed by atoms with Gasteiger partial charge in [-0.25, -0.2) is 4.98 Å². The van der Waals surface area contributed by atoms with Crippen molar-refractivity contribution >= 4 is 0 Å². The monoisotopic (exact) mass is 291 g/mol. The fourth-order valence-electron chi connectivity index (χ4n) is 3.65. The zero-order chi connectivity index (χ0) is 15.0. The first-order valence-corrected chi connectivity index (χ1v) is 8.34. The lowest BCUT2D eigenvalue weighted by Crippen LogP contribution is -2.43. The highest BCUT2D eigenvalue weighted by atomic mass is 15.4. The van der Waals surface area contributed by atoms with Crippen LogP contribution in [0.3, 0.4) is 0 Å². The Bertz CT molecular complexity index is 481. The molecule has 0 spiro atoms. The molecule has 2 saturated heterocycles. The van der Waals surface area contributed by atoms with Crippen molar-refractivity contribution in [2.75, 3.05) is 19.6 Å². The largest absolute Gasteiger partial charge is 0.317 e. The number of piperidine rings is 1. The summed E-state index contributed by atoms with van der Waals surface area (Å²) in [7, 11) is 2.05. The minimum absolute atomic E-state index is 0.0220. The lowest BCUT2D eigenvalue weighted by atomic mass is 9.96. The van der Waals surface area contributed by atoms with Crippen LogP contribution in [0.25, 0.3) is 0 Å². The molecule has 1 unspecified atom stereocenters. The van der Waals surface area contributed by atoms with Gasteiger partial charge in [0.15, 0.2) is 5.82 Å². The molecule has 3 heterocycles. The van der Waals surface area contributed by atoms with E-state index in [4.69, 9.17) is 4.98 Å². The maximum atomic E-state index is 4.90. The maximum absolute atomic E-state index is 4.90. The number of aryl methyl sites for hydroxylation is 1. The van der Waals surface area contributed by atoms with Crippen LogP contribution < -0.4 is 5.32 Å². The van der Waals surface area contributed by atoms with E-state index in [9.17, 15) is 0 Å². The molecular weight excluding hydrogens is 262 g/mol. The Labute approximate surface area is 128 Å². The molecule has 0 bridgehead atoms. The summed E-state index contributed by atoms with van der Waals surface area (Å²) in [5.41, 5.74) is 0.0220. The van der Waals surface area contributed by atoms with Crippen LogP contribution in [0.15, 0.2) is 0 Å². The predicted molar refractivity (Wildman–Crippen MR) is 84.3 cm³/mol. The van der Waals surface area contributed by atoms with Crippen molar-refractivity contribution in [3.63, 3.8) is 0 Å². The van der Waals surface area contributed by atoms with Crippen molar-refractivity contribution in [2.24, 2.45) is 7.05 Å². The van der Waals surface area contributed by atoms with Crippen LogP contribution in [0, 0.1) is 0 Å². The van der Waals surface area contributed by atoms with Gasteiger partial charge < -0.3 is 5.32 Å². The van der Waals surface area contributed by atoms with Crippen molar-refractivity contribution in [3.05, 3.63) is 11.6 Å². The molecular formula is C16H29N5. The second kappa shape index (κ2) is 5.69. The predicted octanol–water partition coefficient (Wildman–Crippen LogP) is 2.00. The van der Waals surface area contributed by atoms with Crippen molar-refractivity contribution in [1.29, 1.82) is 0 Å². The van der Waals surface area contributed by atoms with Crippen LogP contribution in [0.4, 0.5) is 0 Å². The third kappa shape index (κ3) is 2.99. The molecule has 2 aliphatic heterocycles. The number of nitrogens with zero attached hydrogens (tertiary/aromatic N) is 4. The summed E-state index contributed by atoms with van der Waals surface area (Å²) in [5, 5.41) is 8.14. The topological polar surface area (TPSA) is 46.0 Å². The molecule has 1 N–H and O–H groups in total. The number of hydrogen-bond donors (Lipinski definition) is 1.